The molecular weight excluding hydrogens is 283 g/mol. The molecule has 114 valence electrons. The standard InChI is InChI=1S/C16H17FN4O/c17-11-5-7-13(8-6-11)21-16(22)14-9-19-15(10-18-14)20-12-3-1-2-4-12/h5-10,12H,1-4H2,(H,19,20)(H,21,22). The number of carbonyl (C=O) groups is 1. The Morgan fingerprint density at radius 3 is 2.45 bits per heavy atom. The van der Waals surface area contributed by atoms with E-state index in [0.29, 0.717) is 17.5 Å². The molecule has 22 heavy (non-hydrogen) atoms. The van der Waals surface area contributed by atoms with Gasteiger partial charge in [-0.3, -0.25) is 4.79 Å². The van der Waals surface area contributed by atoms with Gasteiger partial charge in [-0.2, -0.15) is 0 Å². The highest BCUT2D eigenvalue weighted by Gasteiger charge is 2.15. The van der Waals surface area contributed by atoms with E-state index in [4.69, 9.17) is 0 Å². The first-order chi connectivity index (χ1) is 10.7. The van der Waals surface area contributed by atoms with E-state index < -0.39 is 0 Å². The van der Waals surface area contributed by atoms with E-state index in [1.807, 2.05) is 0 Å². The van der Waals surface area contributed by atoms with Gasteiger partial charge in [-0.1, -0.05) is 12.8 Å². The fourth-order valence-corrected chi connectivity index (χ4v) is 2.53. The number of amides is 1. The molecule has 5 nitrogen and oxygen atoms in total. The van der Waals surface area contributed by atoms with Gasteiger partial charge in [-0.15, -0.1) is 0 Å². The van der Waals surface area contributed by atoms with Crippen molar-refractivity contribution < 1.29 is 9.18 Å². The molecule has 3 rings (SSSR count). The van der Waals surface area contributed by atoms with Crippen molar-refractivity contribution >= 4 is 17.4 Å². The maximum Gasteiger partial charge on any atom is 0.275 e. The van der Waals surface area contributed by atoms with Gasteiger partial charge in [0.25, 0.3) is 5.91 Å². The molecule has 0 radical (unpaired) electrons. The number of nitrogens with zero attached hydrogens (tertiary/aromatic N) is 2. The second kappa shape index (κ2) is 6.51. The van der Waals surface area contributed by atoms with Gasteiger partial charge in [0.05, 0.1) is 12.4 Å². The summed E-state index contributed by atoms with van der Waals surface area (Å²) in [5.41, 5.74) is 0.739. The first kappa shape index (κ1) is 14.4. The molecule has 0 aliphatic heterocycles. The van der Waals surface area contributed by atoms with Crippen molar-refractivity contribution in [3.63, 3.8) is 0 Å². The summed E-state index contributed by atoms with van der Waals surface area (Å²) < 4.78 is 12.8. The van der Waals surface area contributed by atoms with E-state index in [-0.39, 0.29) is 17.4 Å². The number of benzene rings is 1. The van der Waals surface area contributed by atoms with Gasteiger partial charge in [0.1, 0.15) is 17.3 Å². The van der Waals surface area contributed by atoms with Crippen LogP contribution in [0.3, 0.4) is 0 Å². The highest BCUT2D eigenvalue weighted by atomic mass is 19.1. The third kappa shape index (κ3) is 3.58. The van der Waals surface area contributed by atoms with Gasteiger partial charge in [-0.05, 0) is 37.1 Å². The monoisotopic (exact) mass is 300 g/mol. The topological polar surface area (TPSA) is 66.9 Å². The SMILES string of the molecule is O=C(Nc1ccc(F)cc1)c1cnc(NC2CCCC2)cn1. The normalized spacial score (nSPS) is 14.8. The number of rotatable bonds is 4. The quantitative estimate of drug-likeness (QED) is 0.909. The highest BCUT2D eigenvalue weighted by molar-refractivity contribution is 6.02. The third-order valence-electron chi connectivity index (χ3n) is 3.69. The Bertz CT molecular complexity index is 636. The van der Waals surface area contributed by atoms with Crippen LogP contribution < -0.4 is 10.6 Å². The predicted molar refractivity (Wildman–Crippen MR) is 82.3 cm³/mol. The lowest BCUT2D eigenvalue weighted by atomic mass is 10.2. The molecule has 1 aliphatic rings. The number of halogens is 1. The molecule has 1 aromatic carbocycles. The Balaban J connectivity index is 1.61. The zero-order valence-corrected chi connectivity index (χ0v) is 12.1. The zero-order chi connectivity index (χ0) is 15.4. The summed E-state index contributed by atoms with van der Waals surface area (Å²) in [5.74, 6) is -0.0307. The zero-order valence-electron chi connectivity index (χ0n) is 12.1. The molecule has 0 saturated heterocycles. The predicted octanol–water partition coefficient (Wildman–Crippen LogP) is 3.22. The van der Waals surface area contributed by atoms with Crippen LogP contribution in [0.2, 0.25) is 0 Å². The van der Waals surface area contributed by atoms with Crippen molar-refractivity contribution in [2.45, 2.75) is 31.7 Å². The van der Waals surface area contributed by atoms with E-state index in [1.165, 1.54) is 43.3 Å². The summed E-state index contributed by atoms with van der Waals surface area (Å²) in [6.45, 7) is 0. The average Bonchev–Trinajstić information content (AvgIpc) is 3.03. The summed E-state index contributed by atoms with van der Waals surface area (Å²) in [4.78, 5) is 20.4. The van der Waals surface area contributed by atoms with Crippen molar-refractivity contribution in [3.05, 3.63) is 48.2 Å². The van der Waals surface area contributed by atoms with Crippen LogP contribution in [0.1, 0.15) is 36.2 Å². The van der Waals surface area contributed by atoms with Gasteiger partial charge >= 0.3 is 0 Å². The average molecular weight is 300 g/mol. The number of hydrogen-bond acceptors (Lipinski definition) is 4. The summed E-state index contributed by atoms with van der Waals surface area (Å²) in [5, 5.41) is 5.97. The van der Waals surface area contributed by atoms with E-state index in [0.717, 1.165) is 12.8 Å². The van der Waals surface area contributed by atoms with Crippen LogP contribution in [0, 0.1) is 5.82 Å². The van der Waals surface area contributed by atoms with Crippen LogP contribution >= 0.6 is 0 Å². The van der Waals surface area contributed by atoms with Gasteiger partial charge in [0.2, 0.25) is 0 Å². The lowest BCUT2D eigenvalue weighted by Crippen LogP contribution is -2.17. The second-order valence-corrected chi connectivity index (χ2v) is 5.37. The molecule has 1 aromatic heterocycles. The Hall–Kier alpha value is -2.50. The van der Waals surface area contributed by atoms with Crippen LogP contribution in [-0.2, 0) is 0 Å². The number of nitrogens with one attached hydrogen (secondary N) is 2. The molecule has 1 fully saturated rings. The molecular formula is C16H17FN4O. The number of carbonyl (C=O) groups excluding carboxylic acids is 1. The van der Waals surface area contributed by atoms with Gasteiger partial charge in [0, 0.05) is 11.7 Å². The van der Waals surface area contributed by atoms with Crippen LogP contribution in [0.15, 0.2) is 36.7 Å². The minimum Gasteiger partial charge on any atom is -0.366 e. The lowest BCUT2D eigenvalue weighted by Gasteiger charge is -2.12. The Kier molecular flexibility index (Phi) is 4.27. The Labute approximate surface area is 128 Å². The van der Waals surface area contributed by atoms with Crippen molar-refractivity contribution in [1.29, 1.82) is 0 Å². The van der Waals surface area contributed by atoms with Crippen LogP contribution in [-0.4, -0.2) is 21.9 Å². The van der Waals surface area contributed by atoms with Crippen molar-refractivity contribution in [1.82, 2.24) is 9.97 Å². The first-order valence-electron chi connectivity index (χ1n) is 7.36. The van der Waals surface area contributed by atoms with Gasteiger partial charge in [-0.25, -0.2) is 14.4 Å². The Morgan fingerprint density at radius 2 is 1.82 bits per heavy atom. The van der Waals surface area contributed by atoms with Gasteiger partial charge < -0.3 is 10.6 Å². The third-order valence-corrected chi connectivity index (χ3v) is 3.69. The first-order valence-corrected chi connectivity index (χ1v) is 7.36. The smallest absolute Gasteiger partial charge is 0.275 e. The number of aromatic nitrogens is 2. The highest BCUT2D eigenvalue weighted by Crippen LogP contribution is 2.21. The van der Waals surface area contributed by atoms with E-state index in [9.17, 15) is 9.18 Å². The molecule has 1 saturated carbocycles. The molecule has 0 atom stereocenters. The maximum absolute atomic E-state index is 12.8. The molecule has 6 heteroatoms. The van der Waals surface area contributed by atoms with Crippen LogP contribution in [0.25, 0.3) is 0 Å². The van der Waals surface area contributed by atoms with Crippen molar-refractivity contribution in [2.75, 3.05) is 10.6 Å². The molecule has 2 N–H and O–H groups in total. The number of hydrogen-bond donors (Lipinski definition) is 2. The maximum atomic E-state index is 12.8. The summed E-state index contributed by atoms with van der Waals surface area (Å²) >= 11 is 0. The summed E-state index contributed by atoms with van der Waals surface area (Å²) in [7, 11) is 0. The lowest BCUT2D eigenvalue weighted by molar-refractivity contribution is 0.102. The molecule has 1 aliphatic carbocycles. The minimum absolute atomic E-state index is 0.223. The van der Waals surface area contributed by atoms with Gasteiger partial charge in [0.15, 0.2) is 0 Å². The fraction of sp³-hybridized carbons (Fsp3) is 0.312. The minimum atomic E-state index is -0.369. The van der Waals surface area contributed by atoms with Crippen LogP contribution in [0.4, 0.5) is 15.9 Å². The van der Waals surface area contributed by atoms with E-state index in [1.54, 1.807) is 6.20 Å². The molecule has 1 amide bonds. The largest absolute Gasteiger partial charge is 0.366 e. The van der Waals surface area contributed by atoms with Crippen molar-refractivity contribution in [2.24, 2.45) is 0 Å². The summed E-state index contributed by atoms with van der Waals surface area (Å²) in [6.07, 6.45) is 7.78. The van der Waals surface area contributed by atoms with Crippen molar-refractivity contribution in [3.8, 4) is 0 Å². The van der Waals surface area contributed by atoms with Crippen LogP contribution in [0.5, 0.6) is 0 Å². The molecule has 1 heterocycles. The number of anilines is 2. The molecule has 2 aromatic rings. The second-order valence-electron chi connectivity index (χ2n) is 5.37. The molecule has 0 spiro atoms. The van der Waals surface area contributed by atoms with E-state index in [2.05, 4.69) is 20.6 Å². The Morgan fingerprint density at radius 1 is 1.09 bits per heavy atom. The molecule has 0 unspecified atom stereocenters. The van der Waals surface area contributed by atoms with E-state index >= 15 is 0 Å². The summed E-state index contributed by atoms with van der Waals surface area (Å²) in [6, 6.07) is 6.02. The fourth-order valence-electron chi connectivity index (χ4n) is 2.53. The molecule has 0 bridgehead atoms.